The Kier molecular flexibility index (Phi) is 3.52. The quantitative estimate of drug-likeness (QED) is 0.226. The van der Waals surface area contributed by atoms with Crippen molar-refractivity contribution in [1.82, 2.24) is 15.7 Å². The number of carbonyl (C=O) groups is 1. The highest BCUT2D eigenvalue weighted by Gasteiger charge is 2.21. The Morgan fingerprint density at radius 1 is 1.43 bits per heavy atom. The number of amides is 1. The third kappa shape index (κ3) is 2.77. The van der Waals surface area contributed by atoms with E-state index in [1.54, 1.807) is 10.4 Å². The standard InChI is InChI=1S/C7H14N4O3/c8-6(10-14)11-3-1-5(2-4-11)9-7(12)13/h5,9,14H,1-4H2,(H2,8,10)(H,12,13). The summed E-state index contributed by atoms with van der Waals surface area (Å²) in [6.45, 7) is 1.13. The zero-order valence-corrected chi connectivity index (χ0v) is 7.66. The molecule has 0 atom stereocenters. The van der Waals surface area contributed by atoms with Crippen molar-refractivity contribution in [3.05, 3.63) is 0 Å². The maximum atomic E-state index is 10.3. The molecule has 80 valence electrons. The Hall–Kier alpha value is -1.50. The van der Waals surface area contributed by atoms with Crippen LogP contribution in [0.5, 0.6) is 0 Å². The van der Waals surface area contributed by atoms with Crippen LogP contribution in [0.15, 0.2) is 0 Å². The summed E-state index contributed by atoms with van der Waals surface area (Å²) in [4.78, 5) is 12.0. The summed E-state index contributed by atoms with van der Waals surface area (Å²) in [6.07, 6.45) is 0.283. The van der Waals surface area contributed by atoms with Crippen LogP contribution in [0.3, 0.4) is 0 Å². The van der Waals surface area contributed by atoms with E-state index >= 15 is 0 Å². The molecule has 7 nitrogen and oxygen atoms in total. The average molecular weight is 202 g/mol. The summed E-state index contributed by atoms with van der Waals surface area (Å²) < 4.78 is 0. The summed E-state index contributed by atoms with van der Waals surface area (Å²) >= 11 is 0. The van der Waals surface area contributed by atoms with Gasteiger partial charge in [0.15, 0.2) is 0 Å². The van der Waals surface area contributed by atoms with Gasteiger partial charge < -0.3 is 15.3 Å². The van der Waals surface area contributed by atoms with Crippen molar-refractivity contribution in [1.29, 1.82) is 5.41 Å². The molecule has 1 amide bonds. The third-order valence-corrected chi connectivity index (χ3v) is 2.24. The average Bonchev–Trinajstić information content (AvgIpc) is 2.17. The number of carboxylic acid groups (broad SMARTS) is 1. The van der Waals surface area contributed by atoms with Gasteiger partial charge in [-0.3, -0.25) is 10.6 Å². The van der Waals surface area contributed by atoms with Gasteiger partial charge in [0, 0.05) is 19.1 Å². The fourth-order valence-electron chi connectivity index (χ4n) is 1.49. The molecule has 0 aromatic heterocycles. The molecule has 1 saturated heterocycles. The molecule has 0 aliphatic carbocycles. The molecule has 1 rings (SSSR count). The molecule has 1 aliphatic heterocycles. The van der Waals surface area contributed by atoms with Gasteiger partial charge in [-0.15, -0.1) is 0 Å². The number of nitrogens with one attached hydrogen (secondary N) is 3. The molecule has 1 fully saturated rings. The number of rotatable bonds is 1. The molecule has 5 N–H and O–H groups in total. The number of guanidine groups is 1. The SMILES string of the molecule is N=C(NO)N1CCC(NC(=O)O)CC1. The number of hydroxylamine groups is 1. The van der Waals surface area contributed by atoms with Gasteiger partial charge >= 0.3 is 6.09 Å². The first-order chi connectivity index (χ1) is 6.63. The molecule has 0 bridgehead atoms. The zero-order valence-electron chi connectivity index (χ0n) is 7.66. The van der Waals surface area contributed by atoms with Gasteiger partial charge in [0.2, 0.25) is 5.96 Å². The molecule has 1 aliphatic rings. The van der Waals surface area contributed by atoms with Gasteiger partial charge in [-0.1, -0.05) is 0 Å². The molecule has 0 aromatic rings. The molecular formula is C7H14N4O3. The third-order valence-electron chi connectivity index (χ3n) is 2.24. The highest BCUT2D eigenvalue weighted by Crippen LogP contribution is 2.09. The largest absolute Gasteiger partial charge is 0.465 e. The van der Waals surface area contributed by atoms with Crippen molar-refractivity contribution in [3.8, 4) is 0 Å². The molecule has 1 heterocycles. The summed E-state index contributed by atoms with van der Waals surface area (Å²) in [7, 11) is 0. The van der Waals surface area contributed by atoms with Crippen molar-refractivity contribution in [3.63, 3.8) is 0 Å². The van der Waals surface area contributed by atoms with E-state index in [1.807, 2.05) is 0 Å². The molecule has 0 saturated carbocycles. The van der Waals surface area contributed by atoms with Gasteiger partial charge in [-0.25, -0.2) is 10.3 Å². The van der Waals surface area contributed by atoms with Gasteiger partial charge in [0.25, 0.3) is 0 Å². The minimum absolute atomic E-state index is 0.0428. The molecule has 0 spiro atoms. The van der Waals surface area contributed by atoms with Crippen LogP contribution >= 0.6 is 0 Å². The maximum Gasteiger partial charge on any atom is 0.404 e. The fourth-order valence-corrected chi connectivity index (χ4v) is 1.49. The van der Waals surface area contributed by atoms with Crippen LogP contribution in [-0.4, -0.2) is 46.4 Å². The Labute approximate surface area is 81.2 Å². The van der Waals surface area contributed by atoms with Crippen molar-refractivity contribution in [2.45, 2.75) is 18.9 Å². The Bertz CT molecular complexity index is 225. The van der Waals surface area contributed by atoms with E-state index in [-0.39, 0.29) is 12.0 Å². The number of hydrogen-bond donors (Lipinski definition) is 5. The monoisotopic (exact) mass is 202 g/mol. The van der Waals surface area contributed by atoms with Crippen LogP contribution in [0.25, 0.3) is 0 Å². The predicted octanol–water partition coefficient (Wildman–Crippen LogP) is -0.368. The van der Waals surface area contributed by atoms with Gasteiger partial charge in [-0.2, -0.15) is 0 Å². The maximum absolute atomic E-state index is 10.3. The molecule has 0 radical (unpaired) electrons. The van der Waals surface area contributed by atoms with Crippen LogP contribution < -0.4 is 10.8 Å². The highest BCUT2D eigenvalue weighted by molar-refractivity contribution is 5.75. The summed E-state index contributed by atoms with van der Waals surface area (Å²) in [5.41, 5.74) is 1.76. The van der Waals surface area contributed by atoms with Crippen LogP contribution in [-0.2, 0) is 0 Å². The van der Waals surface area contributed by atoms with E-state index in [0.717, 1.165) is 0 Å². The molecule has 14 heavy (non-hydrogen) atoms. The van der Waals surface area contributed by atoms with Crippen molar-refractivity contribution in [2.24, 2.45) is 0 Å². The van der Waals surface area contributed by atoms with Crippen LogP contribution in [0, 0.1) is 5.41 Å². The smallest absolute Gasteiger partial charge is 0.404 e. The zero-order chi connectivity index (χ0) is 10.6. The second-order valence-corrected chi connectivity index (χ2v) is 3.17. The summed E-state index contributed by atoms with van der Waals surface area (Å²) in [6, 6.07) is -0.0461. The number of nitrogens with zero attached hydrogens (tertiary/aromatic N) is 1. The lowest BCUT2D eigenvalue weighted by molar-refractivity contribution is 0.174. The normalized spacial score (nSPS) is 17.6. The minimum atomic E-state index is -1.01. The van der Waals surface area contributed by atoms with Crippen LogP contribution in [0.2, 0.25) is 0 Å². The molecular weight excluding hydrogens is 188 g/mol. The van der Waals surface area contributed by atoms with E-state index in [1.165, 1.54) is 0 Å². The fraction of sp³-hybridized carbons (Fsp3) is 0.714. The molecule has 0 aromatic carbocycles. The van der Waals surface area contributed by atoms with E-state index in [2.05, 4.69) is 5.32 Å². The first kappa shape index (κ1) is 10.6. The van der Waals surface area contributed by atoms with E-state index < -0.39 is 6.09 Å². The van der Waals surface area contributed by atoms with Crippen LogP contribution in [0.1, 0.15) is 12.8 Å². The van der Waals surface area contributed by atoms with Crippen LogP contribution in [0.4, 0.5) is 4.79 Å². The lowest BCUT2D eigenvalue weighted by atomic mass is 10.1. The Morgan fingerprint density at radius 3 is 2.43 bits per heavy atom. The summed E-state index contributed by atoms with van der Waals surface area (Å²) in [5, 5.41) is 26.6. The van der Waals surface area contributed by atoms with Crippen molar-refractivity contribution >= 4 is 12.1 Å². The number of piperidine rings is 1. The van der Waals surface area contributed by atoms with E-state index in [4.69, 9.17) is 15.7 Å². The lowest BCUT2D eigenvalue weighted by Gasteiger charge is -2.32. The van der Waals surface area contributed by atoms with Gasteiger partial charge in [0.05, 0.1) is 0 Å². The minimum Gasteiger partial charge on any atom is -0.465 e. The first-order valence-electron chi connectivity index (χ1n) is 4.36. The molecule has 0 unspecified atom stereocenters. The number of likely N-dealkylation sites (tertiary alicyclic amines) is 1. The Morgan fingerprint density at radius 2 is 2.00 bits per heavy atom. The number of hydrogen-bond acceptors (Lipinski definition) is 3. The predicted molar refractivity (Wildman–Crippen MR) is 48.4 cm³/mol. The van der Waals surface area contributed by atoms with E-state index in [9.17, 15) is 4.79 Å². The second kappa shape index (κ2) is 4.66. The second-order valence-electron chi connectivity index (χ2n) is 3.17. The lowest BCUT2D eigenvalue weighted by Crippen LogP contribution is -2.49. The van der Waals surface area contributed by atoms with E-state index in [0.29, 0.717) is 25.9 Å². The van der Waals surface area contributed by atoms with Crippen molar-refractivity contribution < 1.29 is 15.1 Å². The highest BCUT2D eigenvalue weighted by atomic mass is 16.5. The summed E-state index contributed by atoms with van der Waals surface area (Å²) in [5.74, 6) is -0.0428. The van der Waals surface area contributed by atoms with Gasteiger partial charge in [0.1, 0.15) is 0 Å². The van der Waals surface area contributed by atoms with Crippen molar-refractivity contribution in [2.75, 3.05) is 13.1 Å². The first-order valence-corrected chi connectivity index (χ1v) is 4.36. The van der Waals surface area contributed by atoms with Gasteiger partial charge in [-0.05, 0) is 12.8 Å². The molecule has 7 heteroatoms. The topological polar surface area (TPSA) is 109 Å². The Balaban J connectivity index is 2.31.